The van der Waals surface area contributed by atoms with E-state index in [9.17, 15) is 20.6 Å². The first-order valence-corrected chi connectivity index (χ1v) is 9.50. The highest BCUT2D eigenvalue weighted by molar-refractivity contribution is 6.01. The van der Waals surface area contributed by atoms with Crippen LogP contribution in [0.3, 0.4) is 0 Å². The number of nitrogens with zero attached hydrogens (tertiary/aromatic N) is 3. The fourth-order valence-corrected chi connectivity index (χ4v) is 4.55. The van der Waals surface area contributed by atoms with Gasteiger partial charge < -0.3 is 15.0 Å². The zero-order chi connectivity index (χ0) is 21.2. The Morgan fingerprint density at radius 3 is 2.45 bits per heavy atom. The van der Waals surface area contributed by atoms with E-state index in [2.05, 4.69) is 13.0 Å². The molecule has 1 aromatic rings. The first-order chi connectivity index (χ1) is 14.0. The van der Waals surface area contributed by atoms with Crippen LogP contribution in [-0.2, 0) is 4.74 Å². The summed E-state index contributed by atoms with van der Waals surface area (Å²) in [5, 5.41) is 38.2. The largest absolute Gasteiger partial charge is 0.465 e. The molecule has 1 aliphatic carbocycles. The van der Waals surface area contributed by atoms with Crippen LogP contribution >= 0.6 is 0 Å². The van der Waals surface area contributed by atoms with Gasteiger partial charge in [-0.3, -0.25) is 0 Å². The third-order valence-corrected chi connectivity index (χ3v) is 6.15. The first kappa shape index (κ1) is 20.3. The standard InChI is InChI=1S/C22H21N5O2/c1-3-27-9-8-18-17(11-27)19(14-4-6-15(7-5-14)21(28)29-2)16(10-23)20(26)22(18,12-24)13-25/h4-8,16-17,19,26H,3,9,11H2,1-2H3/p+1/t16-,17-,19+/m0/s1. The van der Waals surface area contributed by atoms with Crippen LogP contribution in [0.25, 0.3) is 0 Å². The Hall–Kier alpha value is -3.47. The molecule has 1 saturated carbocycles. The Kier molecular flexibility index (Phi) is 5.50. The normalized spacial score (nSPS) is 27.4. The Morgan fingerprint density at radius 2 is 1.93 bits per heavy atom. The number of hydrogen-bond acceptors (Lipinski definition) is 6. The Morgan fingerprint density at radius 1 is 1.28 bits per heavy atom. The smallest absolute Gasteiger partial charge is 0.337 e. The van der Waals surface area contributed by atoms with Crippen molar-refractivity contribution in [3.8, 4) is 18.2 Å². The predicted molar refractivity (Wildman–Crippen MR) is 104 cm³/mol. The maximum absolute atomic E-state index is 11.8. The van der Waals surface area contributed by atoms with Gasteiger partial charge in [-0.15, -0.1) is 0 Å². The molecule has 0 spiro atoms. The number of carbonyl (C=O) groups excluding carboxylic acids is 1. The second-order valence-electron chi connectivity index (χ2n) is 7.41. The molecular weight excluding hydrogens is 366 g/mol. The number of methoxy groups -OCH3 is 1. The van der Waals surface area contributed by atoms with Crippen LogP contribution in [0, 0.1) is 56.7 Å². The topological polar surface area (TPSA) is 126 Å². The Labute approximate surface area is 169 Å². The van der Waals surface area contributed by atoms with Gasteiger partial charge >= 0.3 is 5.97 Å². The summed E-state index contributed by atoms with van der Waals surface area (Å²) in [5.41, 5.74) is 0.00552. The van der Waals surface area contributed by atoms with Crippen LogP contribution in [0.5, 0.6) is 0 Å². The lowest BCUT2D eigenvalue weighted by Gasteiger charge is -2.45. The van der Waals surface area contributed by atoms with E-state index in [-0.39, 0.29) is 17.5 Å². The zero-order valence-corrected chi connectivity index (χ0v) is 16.4. The number of likely N-dealkylation sites (N-methyl/N-ethyl adjacent to an activating group) is 1. The number of carbonyl (C=O) groups is 1. The third-order valence-electron chi connectivity index (χ3n) is 6.15. The average molecular weight is 388 g/mol. The number of nitriles is 3. The van der Waals surface area contributed by atoms with Crippen molar-refractivity contribution in [1.82, 2.24) is 0 Å². The van der Waals surface area contributed by atoms with Crippen molar-refractivity contribution in [2.75, 3.05) is 26.7 Å². The number of ether oxygens (including phenoxy) is 1. The van der Waals surface area contributed by atoms with E-state index in [0.717, 1.165) is 12.1 Å². The summed E-state index contributed by atoms with van der Waals surface area (Å²) >= 11 is 0. The van der Waals surface area contributed by atoms with Crippen molar-refractivity contribution in [2.45, 2.75) is 12.8 Å². The van der Waals surface area contributed by atoms with Crippen molar-refractivity contribution in [3.63, 3.8) is 0 Å². The number of quaternary nitrogens is 1. The van der Waals surface area contributed by atoms with Crippen molar-refractivity contribution in [2.24, 2.45) is 17.3 Å². The van der Waals surface area contributed by atoms with Gasteiger partial charge in [-0.1, -0.05) is 12.1 Å². The van der Waals surface area contributed by atoms with E-state index in [1.165, 1.54) is 12.0 Å². The van der Waals surface area contributed by atoms with Crippen LogP contribution in [0.15, 0.2) is 35.9 Å². The molecule has 0 aromatic heterocycles. The maximum Gasteiger partial charge on any atom is 0.337 e. The second-order valence-corrected chi connectivity index (χ2v) is 7.41. The molecule has 2 aliphatic rings. The molecule has 1 heterocycles. The molecule has 3 rings (SSSR count). The van der Waals surface area contributed by atoms with E-state index in [0.29, 0.717) is 24.2 Å². The lowest BCUT2D eigenvalue weighted by molar-refractivity contribution is -0.897. The van der Waals surface area contributed by atoms with E-state index in [1.807, 2.05) is 18.2 Å². The molecule has 7 nitrogen and oxygen atoms in total. The number of esters is 1. The molecular formula is C22H22N5O2+. The number of hydrogen-bond donors (Lipinski definition) is 2. The van der Waals surface area contributed by atoms with Crippen LogP contribution in [0.4, 0.5) is 0 Å². The van der Waals surface area contributed by atoms with Gasteiger partial charge in [0.25, 0.3) is 0 Å². The minimum absolute atomic E-state index is 0.158. The third kappa shape index (κ3) is 3.09. The zero-order valence-electron chi connectivity index (χ0n) is 16.4. The molecule has 0 amide bonds. The summed E-state index contributed by atoms with van der Waals surface area (Å²) in [6, 6.07) is 13.1. The molecule has 7 heteroatoms. The van der Waals surface area contributed by atoms with Gasteiger partial charge in [-0.2, -0.15) is 15.8 Å². The predicted octanol–water partition coefficient (Wildman–Crippen LogP) is 1.22. The van der Waals surface area contributed by atoms with Gasteiger partial charge in [0.2, 0.25) is 5.41 Å². The molecule has 1 aromatic carbocycles. The number of nitrogens with one attached hydrogen (secondary N) is 2. The number of benzene rings is 1. The maximum atomic E-state index is 11.8. The van der Waals surface area contributed by atoms with Gasteiger partial charge in [-0.05, 0) is 36.3 Å². The molecule has 2 N–H and O–H groups in total. The van der Waals surface area contributed by atoms with E-state index < -0.39 is 17.3 Å². The summed E-state index contributed by atoms with van der Waals surface area (Å²) in [6.45, 7) is 4.33. The molecule has 29 heavy (non-hydrogen) atoms. The minimum atomic E-state index is -1.69. The van der Waals surface area contributed by atoms with Gasteiger partial charge in [0.15, 0.2) is 0 Å². The van der Waals surface area contributed by atoms with Crippen molar-refractivity contribution >= 4 is 11.7 Å². The average Bonchev–Trinajstić information content (AvgIpc) is 2.78. The Bertz CT molecular complexity index is 976. The number of rotatable bonds is 3. The van der Waals surface area contributed by atoms with E-state index in [4.69, 9.17) is 10.1 Å². The summed E-state index contributed by atoms with van der Waals surface area (Å²) in [7, 11) is 1.31. The first-order valence-electron chi connectivity index (χ1n) is 9.50. The fourth-order valence-electron chi connectivity index (χ4n) is 4.55. The van der Waals surface area contributed by atoms with Gasteiger partial charge in [0.05, 0.1) is 62.1 Å². The lowest BCUT2D eigenvalue weighted by Crippen LogP contribution is -3.13. The molecule has 1 fully saturated rings. The van der Waals surface area contributed by atoms with Crippen LogP contribution < -0.4 is 4.90 Å². The van der Waals surface area contributed by atoms with Gasteiger partial charge in [0.1, 0.15) is 0 Å². The van der Waals surface area contributed by atoms with Crippen LogP contribution in [0.1, 0.15) is 28.8 Å². The van der Waals surface area contributed by atoms with Crippen LogP contribution in [-0.4, -0.2) is 38.4 Å². The van der Waals surface area contributed by atoms with Gasteiger partial charge in [0, 0.05) is 11.8 Å². The summed E-state index contributed by atoms with van der Waals surface area (Å²) in [5.74, 6) is -1.91. The van der Waals surface area contributed by atoms with Crippen molar-refractivity contribution < 1.29 is 14.4 Å². The summed E-state index contributed by atoms with van der Waals surface area (Å²) in [6.07, 6.45) is 1.91. The molecule has 4 atom stereocenters. The van der Waals surface area contributed by atoms with Gasteiger partial charge in [-0.25, -0.2) is 4.79 Å². The van der Waals surface area contributed by atoms with Crippen molar-refractivity contribution in [3.05, 3.63) is 47.0 Å². The lowest BCUT2D eigenvalue weighted by atomic mass is 9.55. The highest BCUT2D eigenvalue weighted by Crippen LogP contribution is 2.51. The highest BCUT2D eigenvalue weighted by atomic mass is 16.5. The summed E-state index contributed by atoms with van der Waals surface area (Å²) in [4.78, 5) is 13.0. The second kappa shape index (κ2) is 7.87. The van der Waals surface area contributed by atoms with E-state index >= 15 is 0 Å². The molecule has 0 bridgehead atoms. The fraction of sp³-hybridized carbons (Fsp3) is 0.409. The van der Waals surface area contributed by atoms with Crippen molar-refractivity contribution in [1.29, 1.82) is 21.2 Å². The molecule has 0 saturated heterocycles. The summed E-state index contributed by atoms with van der Waals surface area (Å²) < 4.78 is 4.74. The molecule has 146 valence electrons. The number of fused-ring (bicyclic) bond motifs is 1. The molecule has 1 unspecified atom stereocenters. The quantitative estimate of drug-likeness (QED) is 0.595. The van der Waals surface area contributed by atoms with E-state index in [1.54, 1.807) is 24.3 Å². The highest BCUT2D eigenvalue weighted by Gasteiger charge is 2.57. The Balaban J connectivity index is 2.15. The monoisotopic (exact) mass is 388 g/mol. The SMILES string of the molecule is CC[NH+]1CC=C2[C@H](C1)[C@H](c1ccc(C(=O)OC)cc1)[C@H](C#N)C(=N)C2(C#N)C#N. The molecule has 0 radical (unpaired) electrons. The molecule has 1 aliphatic heterocycles. The minimum Gasteiger partial charge on any atom is -0.465 e. The van der Waals surface area contributed by atoms with Crippen LogP contribution in [0.2, 0.25) is 0 Å².